The minimum atomic E-state index is -0.0847. The van der Waals surface area contributed by atoms with Crippen LogP contribution in [0.4, 0.5) is 0 Å². The van der Waals surface area contributed by atoms with Crippen molar-refractivity contribution in [2.45, 2.75) is 50.8 Å². The van der Waals surface area contributed by atoms with Crippen LogP contribution in [-0.4, -0.2) is 30.1 Å². The van der Waals surface area contributed by atoms with E-state index in [4.69, 9.17) is 9.47 Å². The number of rotatable bonds is 5. The molecule has 1 unspecified atom stereocenters. The fourth-order valence-corrected chi connectivity index (χ4v) is 2.69. The molecule has 0 saturated heterocycles. The summed E-state index contributed by atoms with van der Waals surface area (Å²) < 4.78 is 10.7. The van der Waals surface area contributed by atoms with Gasteiger partial charge in [-0.05, 0) is 50.3 Å². The van der Waals surface area contributed by atoms with Gasteiger partial charge in [0.1, 0.15) is 0 Å². The number of hydrogen-bond acceptors (Lipinski definition) is 4. The zero-order chi connectivity index (χ0) is 13.2. The molecular formula is C15H21NO3. The molecule has 104 valence electrons. The van der Waals surface area contributed by atoms with E-state index in [0.717, 1.165) is 37.2 Å². The minimum Gasteiger partial charge on any atom is -0.454 e. The van der Waals surface area contributed by atoms with E-state index in [2.05, 4.69) is 24.4 Å². The zero-order valence-corrected chi connectivity index (χ0v) is 11.3. The first-order valence-corrected chi connectivity index (χ1v) is 7.03. The van der Waals surface area contributed by atoms with E-state index in [-0.39, 0.29) is 6.10 Å². The summed E-state index contributed by atoms with van der Waals surface area (Å²) in [4.78, 5) is 0. The molecule has 1 aliphatic carbocycles. The summed E-state index contributed by atoms with van der Waals surface area (Å²) in [6.45, 7) is 2.54. The molecule has 4 heteroatoms. The monoisotopic (exact) mass is 263 g/mol. The Morgan fingerprint density at radius 2 is 2.11 bits per heavy atom. The van der Waals surface area contributed by atoms with Crippen LogP contribution in [0.15, 0.2) is 18.2 Å². The molecule has 1 aromatic rings. The third kappa shape index (κ3) is 3.01. The van der Waals surface area contributed by atoms with Gasteiger partial charge in [-0.1, -0.05) is 6.07 Å². The molecule has 1 heterocycles. The van der Waals surface area contributed by atoms with E-state index in [1.165, 1.54) is 5.56 Å². The first-order valence-electron chi connectivity index (χ1n) is 7.03. The van der Waals surface area contributed by atoms with Crippen LogP contribution in [0.2, 0.25) is 0 Å². The van der Waals surface area contributed by atoms with Gasteiger partial charge in [-0.15, -0.1) is 0 Å². The highest BCUT2D eigenvalue weighted by Crippen LogP contribution is 2.32. The number of aliphatic hydroxyl groups excluding tert-OH is 1. The van der Waals surface area contributed by atoms with Crippen LogP contribution in [0, 0.1) is 0 Å². The summed E-state index contributed by atoms with van der Waals surface area (Å²) in [7, 11) is 0. The lowest BCUT2D eigenvalue weighted by Crippen LogP contribution is -2.47. The second-order valence-corrected chi connectivity index (χ2v) is 5.62. The Bertz CT molecular complexity index is 443. The van der Waals surface area contributed by atoms with E-state index < -0.39 is 0 Å². The molecule has 1 saturated carbocycles. The summed E-state index contributed by atoms with van der Waals surface area (Å²) in [6, 6.07) is 7.14. The maximum absolute atomic E-state index is 9.26. The number of fused-ring (bicyclic) bond motifs is 1. The van der Waals surface area contributed by atoms with Gasteiger partial charge in [-0.2, -0.15) is 0 Å². The molecule has 2 N–H and O–H groups in total. The average Bonchev–Trinajstić information content (AvgIpc) is 2.81. The van der Waals surface area contributed by atoms with Gasteiger partial charge in [-0.3, -0.25) is 0 Å². The summed E-state index contributed by atoms with van der Waals surface area (Å²) >= 11 is 0. The number of benzene rings is 1. The van der Waals surface area contributed by atoms with Gasteiger partial charge < -0.3 is 19.9 Å². The van der Waals surface area contributed by atoms with Crippen molar-refractivity contribution >= 4 is 0 Å². The van der Waals surface area contributed by atoms with Crippen LogP contribution in [0.5, 0.6) is 11.5 Å². The highest BCUT2D eigenvalue weighted by atomic mass is 16.7. The van der Waals surface area contributed by atoms with E-state index in [1.54, 1.807) is 0 Å². The second kappa shape index (κ2) is 5.39. The van der Waals surface area contributed by atoms with Crippen LogP contribution in [0.3, 0.4) is 0 Å². The summed E-state index contributed by atoms with van der Waals surface area (Å²) in [5.41, 5.74) is 1.28. The Balaban J connectivity index is 1.46. The highest BCUT2D eigenvalue weighted by molar-refractivity contribution is 5.44. The summed E-state index contributed by atoms with van der Waals surface area (Å²) in [6.07, 6.45) is 3.83. The average molecular weight is 263 g/mol. The molecule has 0 radical (unpaired) electrons. The number of aliphatic hydroxyl groups is 1. The number of nitrogens with one attached hydrogen (secondary N) is 1. The van der Waals surface area contributed by atoms with Gasteiger partial charge in [0.2, 0.25) is 6.79 Å². The largest absolute Gasteiger partial charge is 0.454 e. The molecule has 4 nitrogen and oxygen atoms in total. The van der Waals surface area contributed by atoms with Crippen LogP contribution < -0.4 is 14.8 Å². The first kappa shape index (κ1) is 12.8. The fourth-order valence-electron chi connectivity index (χ4n) is 2.69. The molecule has 2 aliphatic rings. The molecular weight excluding hydrogens is 242 g/mol. The molecule has 19 heavy (non-hydrogen) atoms. The van der Waals surface area contributed by atoms with Crippen LogP contribution >= 0.6 is 0 Å². The van der Waals surface area contributed by atoms with Crippen LogP contribution in [0.1, 0.15) is 31.7 Å². The first-order chi connectivity index (χ1) is 9.20. The fraction of sp³-hybridized carbons (Fsp3) is 0.600. The molecule has 1 aromatic carbocycles. The Labute approximate surface area is 113 Å². The Morgan fingerprint density at radius 3 is 2.89 bits per heavy atom. The van der Waals surface area contributed by atoms with Crippen molar-refractivity contribution in [2.75, 3.05) is 6.79 Å². The van der Waals surface area contributed by atoms with E-state index in [0.29, 0.717) is 18.9 Å². The van der Waals surface area contributed by atoms with E-state index in [1.807, 2.05) is 6.07 Å². The molecule has 0 amide bonds. The van der Waals surface area contributed by atoms with Gasteiger partial charge in [0.15, 0.2) is 11.5 Å². The van der Waals surface area contributed by atoms with Crippen molar-refractivity contribution in [3.63, 3.8) is 0 Å². The predicted molar refractivity (Wildman–Crippen MR) is 72.5 cm³/mol. The van der Waals surface area contributed by atoms with Crippen molar-refractivity contribution in [3.05, 3.63) is 23.8 Å². The minimum absolute atomic E-state index is 0.0847. The van der Waals surface area contributed by atoms with Gasteiger partial charge >= 0.3 is 0 Å². The normalized spacial score (nSPS) is 26.0. The van der Waals surface area contributed by atoms with Gasteiger partial charge in [0, 0.05) is 12.1 Å². The third-order valence-electron chi connectivity index (χ3n) is 3.94. The van der Waals surface area contributed by atoms with Crippen molar-refractivity contribution in [3.8, 4) is 11.5 Å². The molecule has 3 rings (SSSR count). The van der Waals surface area contributed by atoms with Crippen molar-refractivity contribution in [1.29, 1.82) is 0 Å². The van der Waals surface area contributed by atoms with Crippen LogP contribution in [-0.2, 0) is 6.42 Å². The summed E-state index contributed by atoms with van der Waals surface area (Å²) in [5.74, 6) is 1.71. The highest BCUT2D eigenvalue weighted by Gasteiger charge is 2.27. The molecule has 1 fully saturated rings. The van der Waals surface area contributed by atoms with Gasteiger partial charge in [-0.25, -0.2) is 0 Å². The Morgan fingerprint density at radius 1 is 1.32 bits per heavy atom. The van der Waals surface area contributed by atoms with Gasteiger partial charge in [0.25, 0.3) is 0 Å². The zero-order valence-electron chi connectivity index (χ0n) is 11.3. The standard InChI is InChI=1S/C15H21NO3/c1-10(16-12-7-13(17)8-12)2-3-11-4-5-14-15(6-11)19-9-18-14/h4-6,10,12-13,16-17H,2-3,7-9H2,1H3. The lowest BCUT2D eigenvalue weighted by Gasteiger charge is -2.34. The van der Waals surface area contributed by atoms with E-state index in [9.17, 15) is 5.11 Å². The van der Waals surface area contributed by atoms with Crippen molar-refractivity contribution in [2.24, 2.45) is 0 Å². The second-order valence-electron chi connectivity index (χ2n) is 5.62. The Hall–Kier alpha value is -1.26. The number of hydrogen-bond donors (Lipinski definition) is 2. The van der Waals surface area contributed by atoms with Crippen molar-refractivity contribution < 1.29 is 14.6 Å². The van der Waals surface area contributed by atoms with Crippen LogP contribution in [0.25, 0.3) is 0 Å². The SMILES string of the molecule is CC(CCc1ccc2c(c1)OCO2)NC1CC(O)C1. The lowest BCUT2D eigenvalue weighted by molar-refractivity contribution is 0.0582. The van der Waals surface area contributed by atoms with E-state index >= 15 is 0 Å². The quantitative estimate of drug-likeness (QED) is 0.851. The molecule has 0 spiro atoms. The third-order valence-corrected chi connectivity index (χ3v) is 3.94. The molecule has 0 bridgehead atoms. The maximum Gasteiger partial charge on any atom is 0.231 e. The molecule has 1 aliphatic heterocycles. The number of ether oxygens (including phenoxy) is 2. The lowest BCUT2D eigenvalue weighted by atomic mass is 9.88. The summed E-state index contributed by atoms with van der Waals surface area (Å²) in [5, 5.41) is 12.8. The number of aryl methyl sites for hydroxylation is 1. The Kier molecular flexibility index (Phi) is 3.62. The predicted octanol–water partition coefficient (Wildman–Crippen LogP) is 1.85. The topological polar surface area (TPSA) is 50.7 Å². The van der Waals surface area contributed by atoms with Crippen molar-refractivity contribution in [1.82, 2.24) is 5.32 Å². The molecule has 0 aromatic heterocycles. The molecule has 1 atom stereocenters. The maximum atomic E-state index is 9.26. The smallest absolute Gasteiger partial charge is 0.231 e. The van der Waals surface area contributed by atoms with Gasteiger partial charge in [0.05, 0.1) is 6.10 Å².